The van der Waals surface area contributed by atoms with E-state index in [9.17, 15) is 9.50 Å². The first-order valence-corrected chi connectivity index (χ1v) is 5.04. The zero-order chi connectivity index (χ0) is 11.1. The molecule has 1 saturated heterocycles. The van der Waals surface area contributed by atoms with E-state index >= 15 is 0 Å². The number of nitrogens with zero attached hydrogens (tertiary/aromatic N) is 1. The van der Waals surface area contributed by atoms with Gasteiger partial charge >= 0.3 is 0 Å². The number of aliphatic hydroxyl groups excluding tert-OH is 1. The van der Waals surface area contributed by atoms with Gasteiger partial charge in [-0.2, -0.15) is 0 Å². The zero-order valence-corrected chi connectivity index (χ0v) is 11.3. The molecule has 0 radical (unpaired) electrons. The van der Waals surface area contributed by atoms with Crippen LogP contribution in [0.25, 0.3) is 0 Å². The summed E-state index contributed by atoms with van der Waals surface area (Å²) < 4.78 is 12.9. The molecule has 98 valence electrons. The third-order valence-corrected chi connectivity index (χ3v) is 2.76. The highest BCUT2D eigenvalue weighted by atomic mass is 35.5. The second-order valence-corrected chi connectivity index (χ2v) is 4.72. The Morgan fingerprint density at radius 2 is 2.06 bits per heavy atom. The van der Waals surface area contributed by atoms with Gasteiger partial charge in [0.2, 0.25) is 0 Å². The first kappa shape index (κ1) is 16.6. The summed E-state index contributed by atoms with van der Waals surface area (Å²) in [7, 11) is 0. The number of aromatic nitrogens is 1. The van der Waals surface area contributed by atoms with Gasteiger partial charge in [0.15, 0.2) is 0 Å². The maximum Gasteiger partial charge on any atom is 0.141 e. The predicted octanol–water partition coefficient (Wildman–Crippen LogP) is 2.24. The van der Waals surface area contributed by atoms with Crippen molar-refractivity contribution in [1.82, 2.24) is 10.3 Å². The number of hydrogen-bond donors (Lipinski definition) is 2. The van der Waals surface area contributed by atoms with Crippen molar-refractivity contribution in [3.05, 3.63) is 29.8 Å². The van der Waals surface area contributed by atoms with Crippen molar-refractivity contribution < 1.29 is 9.50 Å². The molecular weight excluding hydrogens is 266 g/mol. The Balaban J connectivity index is 0.00000128. The van der Waals surface area contributed by atoms with Gasteiger partial charge in [-0.1, -0.05) is 0 Å². The van der Waals surface area contributed by atoms with Crippen LogP contribution in [0.4, 0.5) is 4.39 Å². The van der Waals surface area contributed by atoms with E-state index in [0.717, 1.165) is 12.6 Å². The number of aliphatic hydroxyl groups is 1. The van der Waals surface area contributed by atoms with Crippen molar-refractivity contribution in [3.63, 3.8) is 0 Å². The fraction of sp³-hybridized carbons (Fsp3) is 0.545. The van der Waals surface area contributed by atoms with E-state index in [1.807, 2.05) is 0 Å². The second kappa shape index (κ2) is 5.96. The molecule has 0 unspecified atom stereocenters. The molecule has 1 aliphatic rings. The van der Waals surface area contributed by atoms with Crippen LogP contribution in [-0.4, -0.2) is 21.7 Å². The Hall–Kier alpha value is -0.420. The molecule has 2 rings (SSSR count). The molecule has 2 atom stereocenters. The normalized spacial score (nSPS) is 22.7. The minimum absolute atomic E-state index is 0. The predicted molar refractivity (Wildman–Crippen MR) is 69.3 cm³/mol. The Bertz CT molecular complexity index is 368. The number of halogens is 3. The van der Waals surface area contributed by atoms with Crippen molar-refractivity contribution in [1.29, 1.82) is 0 Å². The lowest BCUT2D eigenvalue weighted by Gasteiger charge is -2.46. The van der Waals surface area contributed by atoms with Crippen molar-refractivity contribution in [2.24, 2.45) is 0 Å². The average molecular weight is 283 g/mol. The van der Waals surface area contributed by atoms with Crippen LogP contribution in [0.15, 0.2) is 18.5 Å². The Labute approximate surface area is 113 Å². The van der Waals surface area contributed by atoms with Crippen LogP contribution < -0.4 is 5.32 Å². The molecule has 1 fully saturated rings. The van der Waals surface area contributed by atoms with Crippen LogP contribution in [0.5, 0.6) is 0 Å². The first-order valence-electron chi connectivity index (χ1n) is 5.04. The summed E-state index contributed by atoms with van der Waals surface area (Å²) in [4.78, 5) is 3.72. The van der Waals surface area contributed by atoms with Crippen LogP contribution in [0.2, 0.25) is 0 Å². The quantitative estimate of drug-likeness (QED) is 0.875. The maximum absolute atomic E-state index is 12.9. The summed E-state index contributed by atoms with van der Waals surface area (Å²) in [5.41, 5.74) is 0.606. The van der Waals surface area contributed by atoms with Gasteiger partial charge in [0.25, 0.3) is 0 Å². The highest BCUT2D eigenvalue weighted by molar-refractivity contribution is 5.85. The lowest BCUT2D eigenvalue weighted by Crippen LogP contribution is -2.61. The fourth-order valence-electron chi connectivity index (χ4n) is 2.04. The van der Waals surface area contributed by atoms with Gasteiger partial charge < -0.3 is 10.4 Å². The maximum atomic E-state index is 12.9. The molecule has 6 heteroatoms. The minimum Gasteiger partial charge on any atom is -0.387 e. The first-order chi connectivity index (χ1) is 6.98. The third kappa shape index (κ3) is 3.78. The molecule has 2 N–H and O–H groups in total. The van der Waals surface area contributed by atoms with E-state index in [0.29, 0.717) is 5.56 Å². The highest BCUT2D eigenvalue weighted by Gasteiger charge is 2.39. The van der Waals surface area contributed by atoms with Gasteiger partial charge in [-0.05, 0) is 26.3 Å². The zero-order valence-electron chi connectivity index (χ0n) is 9.68. The molecule has 0 bridgehead atoms. The Kier molecular flexibility index (Phi) is 5.81. The van der Waals surface area contributed by atoms with Gasteiger partial charge in [-0.25, -0.2) is 4.39 Å². The summed E-state index contributed by atoms with van der Waals surface area (Å²) in [5.74, 6) is -0.412. The third-order valence-electron chi connectivity index (χ3n) is 2.76. The summed E-state index contributed by atoms with van der Waals surface area (Å²) in [6, 6.07) is 1.33. The lowest BCUT2D eigenvalue weighted by molar-refractivity contribution is 0.0386. The van der Waals surface area contributed by atoms with Gasteiger partial charge in [-0.3, -0.25) is 4.98 Å². The van der Waals surface area contributed by atoms with Crippen molar-refractivity contribution in [2.45, 2.75) is 38.0 Å². The average Bonchev–Trinajstić information content (AvgIpc) is 2.13. The molecular formula is C11H17Cl2FN2O. The van der Waals surface area contributed by atoms with E-state index in [2.05, 4.69) is 24.1 Å². The molecule has 0 aliphatic carbocycles. The van der Waals surface area contributed by atoms with Crippen LogP contribution in [0.1, 0.15) is 31.9 Å². The standard InChI is InChI=1S/C11H15FN2O.2ClH/c1-11(2)4-9(14-11)10(15)7-3-8(12)6-13-5-7;;/h3,5-6,9-10,14-15H,4H2,1-2H3;2*1H/t9-,10+;;/m1../s1. The van der Waals surface area contributed by atoms with Crippen LogP contribution in [0, 0.1) is 5.82 Å². The monoisotopic (exact) mass is 282 g/mol. The SMILES string of the molecule is CC1(C)C[C@H]([C@@H](O)c2cncc(F)c2)N1.Cl.Cl. The molecule has 0 saturated carbocycles. The Morgan fingerprint density at radius 1 is 1.47 bits per heavy atom. The van der Waals surface area contributed by atoms with E-state index in [4.69, 9.17) is 0 Å². The van der Waals surface area contributed by atoms with Gasteiger partial charge in [0.05, 0.1) is 12.3 Å². The fourth-order valence-corrected chi connectivity index (χ4v) is 2.04. The van der Waals surface area contributed by atoms with Crippen LogP contribution in [0.3, 0.4) is 0 Å². The molecule has 0 amide bonds. The van der Waals surface area contributed by atoms with Crippen LogP contribution >= 0.6 is 24.8 Å². The van der Waals surface area contributed by atoms with Gasteiger partial charge in [-0.15, -0.1) is 24.8 Å². The molecule has 1 aliphatic heterocycles. The molecule has 2 heterocycles. The molecule has 0 spiro atoms. The summed E-state index contributed by atoms with van der Waals surface area (Å²) >= 11 is 0. The van der Waals surface area contributed by atoms with E-state index in [1.54, 1.807) is 0 Å². The van der Waals surface area contributed by atoms with Crippen molar-refractivity contribution in [2.75, 3.05) is 0 Å². The van der Waals surface area contributed by atoms with Gasteiger partial charge in [0, 0.05) is 23.3 Å². The number of hydrogen-bond acceptors (Lipinski definition) is 3. The van der Waals surface area contributed by atoms with Crippen molar-refractivity contribution >= 4 is 24.8 Å². The van der Waals surface area contributed by atoms with E-state index < -0.39 is 11.9 Å². The molecule has 1 aromatic rings. The largest absolute Gasteiger partial charge is 0.387 e. The Morgan fingerprint density at radius 3 is 2.53 bits per heavy atom. The highest BCUT2D eigenvalue weighted by Crippen LogP contribution is 2.31. The van der Waals surface area contributed by atoms with E-state index in [1.165, 1.54) is 12.3 Å². The topological polar surface area (TPSA) is 45.2 Å². The molecule has 1 aromatic heterocycles. The summed E-state index contributed by atoms with van der Waals surface area (Å²) in [5, 5.41) is 13.2. The molecule has 3 nitrogen and oxygen atoms in total. The smallest absolute Gasteiger partial charge is 0.141 e. The summed E-state index contributed by atoms with van der Waals surface area (Å²) in [6.45, 7) is 4.14. The van der Waals surface area contributed by atoms with Gasteiger partial charge in [0.1, 0.15) is 5.82 Å². The molecule has 17 heavy (non-hydrogen) atoms. The van der Waals surface area contributed by atoms with Crippen molar-refractivity contribution in [3.8, 4) is 0 Å². The number of nitrogens with one attached hydrogen (secondary N) is 1. The van der Waals surface area contributed by atoms with Crippen LogP contribution in [-0.2, 0) is 0 Å². The summed E-state index contributed by atoms with van der Waals surface area (Å²) in [6.07, 6.45) is 2.83. The number of pyridine rings is 1. The second-order valence-electron chi connectivity index (χ2n) is 4.72. The van der Waals surface area contributed by atoms with E-state index in [-0.39, 0.29) is 36.4 Å². The lowest BCUT2D eigenvalue weighted by atomic mass is 9.81. The number of rotatable bonds is 2. The minimum atomic E-state index is -0.679. The molecule has 0 aromatic carbocycles.